The predicted octanol–water partition coefficient (Wildman–Crippen LogP) is 1.42. The number of ether oxygens (including phenoxy) is 2. The van der Waals surface area contributed by atoms with Crippen LogP contribution >= 0.6 is 11.6 Å². The van der Waals surface area contributed by atoms with Gasteiger partial charge in [-0.05, 0) is 17.7 Å². The fraction of sp³-hybridized carbons (Fsp3) is 0.455. The lowest BCUT2D eigenvalue weighted by Gasteiger charge is -2.16. The van der Waals surface area contributed by atoms with Gasteiger partial charge in [0.05, 0.1) is 5.75 Å². The molecule has 7 heteroatoms. The summed E-state index contributed by atoms with van der Waals surface area (Å²) >= 11 is 5.47. The van der Waals surface area contributed by atoms with E-state index in [4.69, 9.17) is 21.1 Å². The Morgan fingerprint density at radius 2 is 2.06 bits per heavy atom. The largest absolute Gasteiger partial charge is 0.454 e. The molecule has 0 unspecified atom stereocenters. The van der Waals surface area contributed by atoms with Gasteiger partial charge >= 0.3 is 0 Å². The third-order valence-corrected chi connectivity index (χ3v) is 4.86. The molecule has 0 saturated carbocycles. The zero-order valence-corrected chi connectivity index (χ0v) is 11.5. The Morgan fingerprint density at radius 1 is 1.33 bits per heavy atom. The Morgan fingerprint density at radius 3 is 2.78 bits per heavy atom. The van der Waals surface area contributed by atoms with Crippen molar-refractivity contribution >= 4 is 21.6 Å². The van der Waals surface area contributed by atoms with Crippen molar-refractivity contribution in [1.82, 2.24) is 4.31 Å². The second-order valence-electron chi connectivity index (χ2n) is 3.95. The van der Waals surface area contributed by atoms with Gasteiger partial charge in [-0.1, -0.05) is 6.07 Å². The van der Waals surface area contributed by atoms with Crippen LogP contribution in [0, 0.1) is 0 Å². The number of hydrogen-bond donors (Lipinski definition) is 0. The van der Waals surface area contributed by atoms with Crippen LogP contribution in [-0.4, -0.2) is 38.2 Å². The molecule has 0 aliphatic carbocycles. The maximum absolute atomic E-state index is 11.8. The molecule has 5 nitrogen and oxygen atoms in total. The molecule has 0 atom stereocenters. The highest BCUT2D eigenvalue weighted by molar-refractivity contribution is 7.89. The van der Waals surface area contributed by atoms with Gasteiger partial charge < -0.3 is 9.47 Å². The van der Waals surface area contributed by atoms with E-state index in [-0.39, 0.29) is 25.0 Å². The number of nitrogens with zero attached hydrogens (tertiary/aromatic N) is 1. The average molecular weight is 292 g/mol. The van der Waals surface area contributed by atoms with Crippen LogP contribution in [0.1, 0.15) is 5.56 Å². The van der Waals surface area contributed by atoms with E-state index in [0.717, 1.165) is 5.56 Å². The number of fused-ring (bicyclic) bond motifs is 1. The number of alkyl halides is 1. The van der Waals surface area contributed by atoms with Gasteiger partial charge in [-0.25, -0.2) is 12.7 Å². The van der Waals surface area contributed by atoms with Crippen LogP contribution in [0.25, 0.3) is 0 Å². The summed E-state index contributed by atoms with van der Waals surface area (Å²) in [6.07, 6.45) is 0. The topological polar surface area (TPSA) is 55.8 Å². The predicted molar refractivity (Wildman–Crippen MR) is 68.5 cm³/mol. The van der Waals surface area contributed by atoms with Crippen LogP contribution in [0.3, 0.4) is 0 Å². The molecule has 1 aliphatic heterocycles. The first-order chi connectivity index (χ1) is 8.53. The van der Waals surface area contributed by atoms with E-state index < -0.39 is 10.0 Å². The zero-order chi connectivity index (χ0) is 13.2. The smallest absolute Gasteiger partial charge is 0.231 e. The lowest BCUT2D eigenvalue weighted by Crippen LogP contribution is -2.29. The van der Waals surface area contributed by atoms with Crippen LogP contribution in [0.2, 0.25) is 0 Å². The molecule has 0 amide bonds. The van der Waals surface area contributed by atoms with Crippen molar-refractivity contribution in [3.05, 3.63) is 23.8 Å². The Balaban J connectivity index is 2.10. The second-order valence-corrected chi connectivity index (χ2v) is 6.52. The van der Waals surface area contributed by atoms with Crippen molar-refractivity contribution in [2.75, 3.05) is 25.5 Å². The van der Waals surface area contributed by atoms with Crippen LogP contribution in [0.4, 0.5) is 0 Å². The SMILES string of the molecule is CN(Cc1ccc2c(c1)OCO2)S(=O)(=O)CCCl. The van der Waals surface area contributed by atoms with Crippen molar-refractivity contribution in [1.29, 1.82) is 0 Å². The summed E-state index contributed by atoms with van der Waals surface area (Å²) in [6.45, 7) is 0.495. The molecule has 0 spiro atoms. The van der Waals surface area contributed by atoms with E-state index in [0.29, 0.717) is 11.5 Å². The molecule has 1 aromatic rings. The van der Waals surface area contributed by atoms with Gasteiger partial charge in [-0.2, -0.15) is 0 Å². The number of rotatable bonds is 5. The lowest BCUT2D eigenvalue weighted by molar-refractivity contribution is 0.174. The summed E-state index contributed by atoms with van der Waals surface area (Å²) in [6, 6.07) is 5.38. The number of benzene rings is 1. The van der Waals surface area contributed by atoms with Gasteiger partial charge in [0.15, 0.2) is 11.5 Å². The van der Waals surface area contributed by atoms with Gasteiger partial charge in [0.1, 0.15) is 0 Å². The minimum Gasteiger partial charge on any atom is -0.454 e. The normalized spacial score (nSPS) is 14.2. The number of hydrogen-bond acceptors (Lipinski definition) is 4. The third-order valence-electron chi connectivity index (χ3n) is 2.65. The standard InChI is InChI=1S/C11H14ClNO4S/c1-13(18(14,15)5-4-12)7-9-2-3-10-11(6-9)17-8-16-10/h2-3,6H,4-5,7-8H2,1H3. The number of sulfonamides is 1. The van der Waals surface area contributed by atoms with Crippen molar-refractivity contribution in [2.24, 2.45) is 0 Å². The Labute approximate surface area is 111 Å². The van der Waals surface area contributed by atoms with E-state index in [1.165, 1.54) is 11.4 Å². The maximum atomic E-state index is 11.8. The average Bonchev–Trinajstić information content (AvgIpc) is 2.76. The van der Waals surface area contributed by atoms with Crippen LogP contribution in [-0.2, 0) is 16.6 Å². The van der Waals surface area contributed by atoms with Crippen molar-refractivity contribution in [2.45, 2.75) is 6.54 Å². The fourth-order valence-electron chi connectivity index (χ4n) is 1.65. The molecule has 2 rings (SSSR count). The van der Waals surface area contributed by atoms with Gasteiger partial charge in [0.25, 0.3) is 0 Å². The minimum atomic E-state index is -3.29. The van der Waals surface area contributed by atoms with Crippen molar-refractivity contribution in [3.8, 4) is 11.5 Å². The molecule has 0 fully saturated rings. The molecule has 0 saturated heterocycles. The molecule has 0 radical (unpaired) electrons. The fourth-order valence-corrected chi connectivity index (χ4v) is 3.09. The monoisotopic (exact) mass is 291 g/mol. The van der Waals surface area contributed by atoms with E-state index >= 15 is 0 Å². The zero-order valence-electron chi connectivity index (χ0n) is 9.93. The molecule has 0 aromatic heterocycles. The molecule has 100 valence electrons. The first-order valence-electron chi connectivity index (χ1n) is 5.41. The first kappa shape index (κ1) is 13.5. The highest BCUT2D eigenvalue weighted by Crippen LogP contribution is 2.32. The lowest BCUT2D eigenvalue weighted by atomic mass is 10.2. The third kappa shape index (κ3) is 2.88. The molecule has 1 aromatic carbocycles. The van der Waals surface area contributed by atoms with Gasteiger partial charge in [-0.15, -0.1) is 11.6 Å². The molecule has 18 heavy (non-hydrogen) atoms. The summed E-state index contributed by atoms with van der Waals surface area (Å²) in [5.41, 5.74) is 0.847. The Hall–Kier alpha value is -0.980. The van der Waals surface area contributed by atoms with Crippen molar-refractivity contribution in [3.63, 3.8) is 0 Å². The highest BCUT2D eigenvalue weighted by atomic mass is 35.5. The van der Waals surface area contributed by atoms with Crippen LogP contribution in [0.15, 0.2) is 18.2 Å². The minimum absolute atomic E-state index is 0.0599. The molecule has 0 N–H and O–H groups in total. The molecule has 0 bridgehead atoms. The van der Waals surface area contributed by atoms with E-state index in [9.17, 15) is 8.42 Å². The highest BCUT2D eigenvalue weighted by Gasteiger charge is 2.19. The summed E-state index contributed by atoms with van der Waals surface area (Å²) in [4.78, 5) is 0. The van der Waals surface area contributed by atoms with Crippen LogP contribution in [0.5, 0.6) is 11.5 Å². The molecular formula is C11H14ClNO4S. The van der Waals surface area contributed by atoms with E-state index in [1.54, 1.807) is 12.1 Å². The number of halogens is 1. The van der Waals surface area contributed by atoms with Gasteiger partial charge in [-0.3, -0.25) is 0 Å². The molecule has 1 heterocycles. The van der Waals surface area contributed by atoms with E-state index in [1.807, 2.05) is 6.07 Å². The van der Waals surface area contributed by atoms with E-state index in [2.05, 4.69) is 0 Å². The molecular weight excluding hydrogens is 278 g/mol. The summed E-state index contributed by atoms with van der Waals surface area (Å²) in [5.74, 6) is 1.37. The first-order valence-corrected chi connectivity index (χ1v) is 7.56. The summed E-state index contributed by atoms with van der Waals surface area (Å²) in [7, 11) is -1.76. The quantitative estimate of drug-likeness (QED) is 0.770. The van der Waals surface area contributed by atoms with Gasteiger partial charge in [0, 0.05) is 19.5 Å². The maximum Gasteiger partial charge on any atom is 0.231 e. The van der Waals surface area contributed by atoms with Crippen molar-refractivity contribution < 1.29 is 17.9 Å². The Bertz CT molecular complexity index is 532. The Kier molecular flexibility index (Phi) is 3.99. The molecule has 1 aliphatic rings. The second kappa shape index (κ2) is 5.34. The van der Waals surface area contributed by atoms with Crippen LogP contribution < -0.4 is 9.47 Å². The van der Waals surface area contributed by atoms with Gasteiger partial charge in [0.2, 0.25) is 16.8 Å². The summed E-state index contributed by atoms with van der Waals surface area (Å²) < 4.78 is 35.2. The summed E-state index contributed by atoms with van der Waals surface area (Å²) in [5, 5.41) is 0.